The highest BCUT2D eigenvalue weighted by Gasteiger charge is 2.25. The Kier molecular flexibility index (Phi) is 5.61. The van der Waals surface area contributed by atoms with E-state index in [4.69, 9.17) is 4.74 Å². The molecule has 3 rings (SSSR count). The first-order chi connectivity index (χ1) is 12.1. The molecule has 0 aromatic heterocycles. The van der Waals surface area contributed by atoms with Gasteiger partial charge in [-0.15, -0.1) is 0 Å². The fraction of sp³-hybridized carbons (Fsp3) is 0.286. The van der Waals surface area contributed by atoms with E-state index in [1.165, 1.54) is 23.8 Å². The zero-order valence-electron chi connectivity index (χ0n) is 14.3. The highest BCUT2D eigenvalue weighted by Crippen LogP contribution is 2.18. The summed E-state index contributed by atoms with van der Waals surface area (Å²) in [7, 11) is 0. The third-order valence-corrected chi connectivity index (χ3v) is 4.39. The quantitative estimate of drug-likeness (QED) is 0.608. The molecule has 0 bridgehead atoms. The number of carbonyl (C=O) groups is 1. The summed E-state index contributed by atoms with van der Waals surface area (Å²) in [5.41, 5.74) is 2.85. The van der Waals surface area contributed by atoms with Crippen LogP contribution in [-0.4, -0.2) is 30.1 Å². The molecular formula is C21H22FNO2. The predicted molar refractivity (Wildman–Crippen MR) is 96.3 cm³/mol. The molecule has 1 atom stereocenters. The minimum atomic E-state index is -0.339. The number of ether oxygens (including phenoxy) is 1. The fourth-order valence-electron chi connectivity index (χ4n) is 3.05. The molecule has 0 N–H and O–H groups in total. The lowest BCUT2D eigenvalue weighted by atomic mass is 10.1. The van der Waals surface area contributed by atoms with Crippen LogP contribution in [0.5, 0.6) is 0 Å². The largest absolute Gasteiger partial charge is 0.458 e. The van der Waals surface area contributed by atoms with Crippen LogP contribution in [0.15, 0.2) is 60.7 Å². The lowest BCUT2D eigenvalue weighted by Crippen LogP contribution is -2.24. The number of hydrogen-bond acceptors (Lipinski definition) is 3. The Balaban J connectivity index is 1.51. The zero-order chi connectivity index (χ0) is 17.6. The van der Waals surface area contributed by atoms with E-state index in [0.29, 0.717) is 0 Å². The minimum absolute atomic E-state index is 0.0755. The van der Waals surface area contributed by atoms with E-state index in [1.807, 2.05) is 25.1 Å². The Morgan fingerprint density at radius 3 is 2.64 bits per heavy atom. The third kappa shape index (κ3) is 5.00. The topological polar surface area (TPSA) is 29.5 Å². The van der Waals surface area contributed by atoms with Crippen LogP contribution in [0.25, 0.3) is 5.57 Å². The average Bonchev–Trinajstić information content (AvgIpc) is 3.03. The molecule has 1 aliphatic rings. The first kappa shape index (κ1) is 17.4. The number of esters is 1. The van der Waals surface area contributed by atoms with Gasteiger partial charge in [0.15, 0.2) is 0 Å². The van der Waals surface area contributed by atoms with E-state index in [9.17, 15) is 9.18 Å². The Labute approximate surface area is 147 Å². The zero-order valence-corrected chi connectivity index (χ0v) is 14.3. The molecule has 0 saturated carbocycles. The Morgan fingerprint density at radius 1 is 1.20 bits per heavy atom. The van der Waals surface area contributed by atoms with Crippen molar-refractivity contribution in [3.05, 3.63) is 77.6 Å². The number of nitrogens with zero attached hydrogens (tertiary/aromatic N) is 1. The van der Waals surface area contributed by atoms with Crippen LogP contribution in [0, 0.1) is 5.82 Å². The molecule has 2 aromatic carbocycles. The summed E-state index contributed by atoms with van der Waals surface area (Å²) in [6, 6.07) is 16.4. The van der Waals surface area contributed by atoms with Gasteiger partial charge in [0.05, 0.1) is 0 Å². The first-order valence-electron chi connectivity index (χ1n) is 8.51. The maximum atomic E-state index is 13.0. The van der Waals surface area contributed by atoms with Crippen molar-refractivity contribution >= 4 is 11.5 Å². The summed E-state index contributed by atoms with van der Waals surface area (Å²) in [6.45, 7) is 4.38. The molecule has 4 heteroatoms. The van der Waals surface area contributed by atoms with Gasteiger partial charge in [-0.1, -0.05) is 42.5 Å². The van der Waals surface area contributed by atoms with Crippen LogP contribution in [0.4, 0.5) is 4.39 Å². The van der Waals surface area contributed by atoms with Crippen molar-refractivity contribution in [1.29, 1.82) is 0 Å². The van der Waals surface area contributed by atoms with Crippen LogP contribution in [0.3, 0.4) is 0 Å². The monoisotopic (exact) mass is 339 g/mol. The van der Waals surface area contributed by atoms with Crippen molar-refractivity contribution in [3.63, 3.8) is 0 Å². The molecule has 3 nitrogen and oxygen atoms in total. The standard InChI is InChI=1S/C21H22FNO2/c1-16(18-7-9-19(22)10-8-18)13-21(24)25-20-11-12-23(15-20)14-17-5-3-2-4-6-17/h2-10,13,20H,11-12,14-15H2,1H3/t20-/m1/s1. The predicted octanol–water partition coefficient (Wildman–Crippen LogP) is 4.05. The maximum absolute atomic E-state index is 13.0. The number of benzene rings is 2. The van der Waals surface area contributed by atoms with E-state index >= 15 is 0 Å². The molecule has 0 unspecified atom stereocenters. The van der Waals surface area contributed by atoms with Gasteiger partial charge in [0.2, 0.25) is 0 Å². The van der Waals surface area contributed by atoms with E-state index < -0.39 is 0 Å². The molecule has 2 aromatic rings. The molecule has 130 valence electrons. The molecule has 25 heavy (non-hydrogen) atoms. The van der Waals surface area contributed by atoms with Gasteiger partial charge in [-0.05, 0) is 42.2 Å². The fourth-order valence-corrected chi connectivity index (χ4v) is 3.05. The van der Waals surface area contributed by atoms with Crippen LogP contribution >= 0.6 is 0 Å². The second-order valence-electron chi connectivity index (χ2n) is 6.40. The van der Waals surface area contributed by atoms with E-state index in [-0.39, 0.29) is 17.9 Å². The van der Waals surface area contributed by atoms with Crippen molar-refractivity contribution in [3.8, 4) is 0 Å². The van der Waals surface area contributed by atoms with Crippen molar-refractivity contribution in [2.45, 2.75) is 26.0 Å². The second kappa shape index (κ2) is 8.08. The number of halogens is 1. The van der Waals surface area contributed by atoms with Gasteiger partial charge in [-0.25, -0.2) is 9.18 Å². The summed E-state index contributed by atoms with van der Waals surface area (Å²) in [6.07, 6.45) is 2.25. The van der Waals surface area contributed by atoms with Gasteiger partial charge in [0, 0.05) is 25.7 Å². The van der Waals surface area contributed by atoms with Crippen LogP contribution in [0.2, 0.25) is 0 Å². The number of rotatable bonds is 5. The Hall–Kier alpha value is -2.46. The molecule has 0 radical (unpaired) electrons. The summed E-state index contributed by atoms with van der Waals surface area (Å²) in [4.78, 5) is 14.4. The summed E-state index contributed by atoms with van der Waals surface area (Å²) in [5.74, 6) is -0.628. The second-order valence-corrected chi connectivity index (χ2v) is 6.40. The van der Waals surface area contributed by atoms with Crippen LogP contribution in [-0.2, 0) is 16.1 Å². The number of carbonyl (C=O) groups excluding carboxylic acids is 1. The maximum Gasteiger partial charge on any atom is 0.331 e. The average molecular weight is 339 g/mol. The van der Waals surface area contributed by atoms with E-state index in [2.05, 4.69) is 17.0 Å². The Bertz CT molecular complexity index is 740. The molecule has 1 saturated heterocycles. The summed E-state index contributed by atoms with van der Waals surface area (Å²) in [5, 5.41) is 0. The highest BCUT2D eigenvalue weighted by atomic mass is 19.1. The van der Waals surface area contributed by atoms with Crippen LogP contribution in [0.1, 0.15) is 24.5 Å². The molecule has 1 fully saturated rings. The van der Waals surface area contributed by atoms with E-state index in [0.717, 1.165) is 37.2 Å². The molecule has 0 amide bonds. The summed E-state index contributed by atoms with van der Waals surface area (Å²) >= 11 is 0. The van der Waals surface area contributed by atoms with E-state index in [1.54, 1.807) is 12.1 Å². The molecule has 1 heterocycles. The van der Waals surface area contributed by atoms with Crippen molar-refractivity contribution < 1.29 is 13.9 Å². The SMILES string of the molecule is CC(=CC(=O)O[C@@H]1CCN(Cc2ccccc2)C1)c1ccc(F)cc1. The lowest BCUT2D eigenvalue weighted by molar-refractivity contribution is -0.142. The van der Waals surface area contributed by atoms with Crippen molar-refractivity contribution in [2.24, 2.45) is 0 Å². The third-order valence-electron chi connectivity index (χ3n) is 4.39. The number of allylic oxidation sites excluding steroid dienone is 1. The molecular weight excluding hydrogens is 317 g/mol. The van der Waals surface area contributed by atoms with Gasteiger partial charge < -0.3 is 4.74 Å². The van der Waals surface area contributed by atoms with Gasteiger partial charge in [-0.2, -0.15) is 0 Å². The van der Waals surface area contributed by atoms with Crippen molar-refractivity contribution in [1.82, 2.24) is 4.90 Å². The van der Waals surface area contributed by atoms with Gasteiger partial charge in [0.1, 0.15) is 11.9 Å². The highest BCUT2D eigenvalue weighted by molar-refractivity contribution is 5.91. The lowest BCUT2D eigenvalue weighted by Gasteiger charge is -2.16. The van der Waals surface area contributed by atoms with Gasteiger partial charge >= 0.3 is 5.97 Å². The molecule has 0 spiro atoms. The normalized spacial score (nSPS) is 18.3. The molecule has 1 aliphatic heterocycles. The number of likely N-dealkylation sites (tertiary alicyclic amines) is 1. The number of hydrogen-bond donors (Lipinski definition) is 0. The smallest absolute Gasteiger partial charge is 0.331 e. The molecule has 0 aliphatic carbocycles. The first-order valence-corrected chi connectivity index (χ1v) is 8.51. The minimum Gasteiger partial charge on any atom is -0.458 e. The Morgan fingerprint density at radius 2 is 1.92 bits per heavy atom. The van der Waals surface area contributed by atoms with Gasteiger partial charge in [-0.3, -0.25) is 4.90 Å². The van der Waals surface area contributed by atoms with Crippen molar-refractivity contribution in [2.75, 3.05) is 13.1 Å². The summed E-state index contributed by atoms with van der Waals surface area (Å²) < 4.78 is 18.5. The van der Waals surface area contributed by atoms with Gasteiger partial charge in [0.25, 0.3) is 0 Å². The van der Waals surface area contributed by atoms with Crippen LogP contribution < -0.4 is 0 Å².